The van der Waals surface area contributed by atoms with E-state index < -0.39 is 0 Å². The van der Waals surface area contributed by atoms with Crippen LogP contribution in [0.15, 0.2) is 24.3 Å². The summed E-state index contributed by atoms with van der Waals surface area (Å²) < 4.78 is 5.09. The van der Waals surface area contributed by atoms with Crippen molar-refractivity contribution in [3.05, 3.63) is 29.8 Å². The van der Waals surface area contributed by atoms with Gasteiger partial charge in [-0.05, 0) is 44.5 Å². The number of carbonyl (C=O) groups is 1. The predicted octanol–water partition coefficient (Wildman–Crippen LogP) is 2.97. The number of methoxy groups -OCH3 is 1. The van der Waals surface area contributed by atoms with Gasteiger partial charge < -0.3 is 9.53 Å². The molecule has 1 aromatic rings. The Morgan fingerprint density at radius 1 is 1.29 bits per heavy atom. The lowest BCUT2D eigenvalue weighted by Gasteiger charge is -2.12. The quantitative estimate of drug-likeness (QED) is 0.599. The molecule has 1 rings (SSSR count). The van der Waals surface area contributed by atoms with Gasteiger partial charge in [0.1, 0.15) is 12.0 Å². The maximum absolute atomic E-state index is 10.1. The maximum Gasteiger partial charge on any atom is 0.125 e. The van der Waals surface area contributed by atoms with Gasteiger partial charge >= 0.3 is 0 Å². The van der Waals surface area contributed by atoms with Crippen LogP contribution in [0.3, 0.4) is 0 Å². The highest BCUT2D eigenvalue weighted by Gasteiger charge is 2.11. The Bertz CT molecular complexity index is 388. The minimum Gasteiger partial charge on any atom is -0.497 e. The van der Waals surface area contributed by atoms with Crippen molar-refractivity contribution in [1.29, 1.82) is 0 Å². The number of hydrogen-bond donors (Lipinski definition) is 2. The summed E-state index contributed by atoms with van der Waals surface area (Å²) in [7, 11) is 3.56. The van der Waals surface area contributed by atoms with Crippen molar-refractivity contribution in [2.75, 3.05) is 14.2 Å². The van der Waals surface area contributed by atoms with E-state index in [4.69, 9.17) is 4.74 Å². The van der Waals surface area contributed by atoms with Gasteiger partial charge in [-0.1, -0.05) is 32.9 Å². The molecule has 0 fully saturated rings. The Morgan fingerprint density at radius 2 is 1.86 bits per heavy atom. The molecule has 120 valence electrons. The number of aldehydes is 1. The summed E-state index contributed by atoms with van der Waals surface area (Å²) in [6.45, 7) is 8.01. The van der Waals surface area contributed by atoms with Gasteiger partial charge in [-0.2, -0.15) is 0 Å². The number of benzene rings is 1. The van der Waals surface area contributed by atoms with Gasteiger partial charge in [-0.25, -0.2) is 0 Å². The molecular formula is C17H30N2O2. The molecule has 1 atom stereocenters. The molecule has 0 saturated carbocycles. The van der Waals surface area contributed by atoms with Crippen molar-refractivity contribution in [3.8, 4) is 5.75 Å². The number of ether oxygens (including phenoxy) is 1. The number of rotatable bonds is 7. The molecule has 4 nitrogen and oxygen atoms in total. The largest absolute Gasteiger partial charge is 0.497 e. The fourth-order valence-corrected chi connectivity index (χ4v) is 1.50. The van der Waals surface area contributed by atoms with Crippen LogP contribution in [0.1, 0.15) is 39.7 Å². The molecule has 0 spiro atoms. The van der Waals surface area contributed by atoms with Crippen LogP contribution < -0.4 is 15.6 Å². The summed E-state index contributed by atoms with van der Waals surface area (Å²) in [5.41, 5.74) is 7.29. The van der Waals surface area contributed by atoms with Gasteiger partial charge in [0.25, 0.3) is 0 Å². The fourth-order valence-electron chi connectivity index (χ4n) is 1.50. The van der Waals surface area contributed by atoms with Gasteiger partial charge in [0.05, 0.1) is 7.11 Å². The van der Waals surface area contributed by atoms with Crippen molar-refractivity contribution in [3.63, 3.8) is 0 Å². The molecule has 4 heteroatoms. The van der Waals surface area contributed by atoms with Crippen LogP contribution in [-0.2, 0) is 11.2 Å². The van der Waals surface area contributed by atoms with Crippen molar-refractivity contribution in [2.24, 2.45) is 5.41 Å². The summed E-state index contributed by atoms with van der Waals surface area (Å²) in [6.07, 6.45) is 2.92. The third kappa shape index (κ3) is 9.21. The first kappa shape index (κ1) is 19.6. The minimum atomic E-state index is -0.0972. The molecule has 0 aliphatic carbocycles. The third-order valence-corrected chi connectivity index (χ3v) is 3.32. The highest BCUT2D eigenvalue weighted by molar-refractivity contribution is 5.57. The van der Waals surface area contributed by atoms with Crippen LogP contribution >= 0.6 is 0 Å². The van der Waals surface area contributed by atoms with E-state index in [0.717, 1.165) is 24.9 Å². The third-order valence-electron chi connectivity index (χ3n) is 3.32. The molecule has 0 amide bonds. The Labute approximate surface area is 129 Å². The summed E-state index contributed by atoms with van der Waals surface area (Å²) >= 11 is 0. The zero-order chi connectivity index (χ0) is 16.3. The second kappa shape index (κ2) is 10.4. The minimum absolute atomic E-state index is 0.0972. The zero-order valence-corrected chi connectivity index (χ0v) is 14.2. The van der Waals surface area contributed by atoms with Crippen LogP contribution in [0.4, 0.5) is 0 Å². The van der Waals surface area contributed by atoms with Crippen molar-refractivity contribution in [2.45, 2.75) is 46.6 Å². The molecule has 0 radical (unpaired) electrons. The summed E-state index contributed by atoms with van der Waals surface area (Å²) in [6, 6.07) is 8.58. The highest BCUT2D eigenvalue weighted by atomic mass is 16.5. The van der Waals surface area contributed by atoms with Gasteiger partial charge in [0, 0.05) is 11.5 Å². The van der Waals surface area contributed by atoms with Gasteiger partial charge in [0.2, 0.25) is 0 Å². The van der Waals surface area contributed by atoms with Crippen LogP contribution in [0.25, 0.3) is 0 Å². The average Bonchev–Trinajstić information content (AvgIpc) is 2.49. The Kier molecular flexibility index (Phi) is 9.67. The van der Waals surface area contributed by atoms with Crippen LogP contribution in [-0.4, -0.2) is 26.5 Å². The van der Waals surface area contributed by atoms with E-state index in [9.17, 15) is 4.79 Å². The van der Waals surface area contributed by atoms with E-state index in [0.29, 0.717) is 6.04 Å². The van der Waals surface area contributed by atoms with E-state index in [1.807, 2.05) is 40.0 Å². The Hall–Kier alpha value is -1.39. The monoisotopic (exact) mass is 294 g/mol. The molecule has 0 aromatic heterocycles. The molecular weight excluding hydrogens is 264 g/mol. The molecule has 0 saturated heterocycles. The molecule has 2 N–H and O–H groups in total. The molecule has 1 unspecified atom stereocenters. The topological polar surface area (TPSA) is 50.4 Å². The van der Waals surface area contributed by atoms with E-state index in [1.54, 1.807) is 7.11 Å². The van der Waals surface area contributed by atoms with Crippen LogP contribution in [0, 0.1) is 5.41 Å². The summed E-state index contributed by atoms with van der Waals surface area (Å²) in [5, 5.41) is 0. The summed E-state index contributed by atoms with van der Waals surface area (Å²) in [4.78, 5) is 10.1. The predicted molar refractivity (Wildman–Crippen MR) is 88.5 cm³/mol. The van der Waals surface area contributed by atoms with E-state index in [2.05, 4.69) is 29.9 Å². The number of hydrazine groups is 1. The Morgan fingerprint density at radius 3 is 2.19 bits per heavy atom. The van der Waals surface area contributed by atoms with E-state index >= 15 is 0 Å². The molecule has 0 aliphatic heterocycles. The van der Waals surface area contributed by atoms with Gasteiger partial charge in [-0.3, -0.25) is 10.9 Å². The first-order chi connectivity index (χ1) is 9.88. The second-order valence-electron chi connectivity index (χ2n) is 5.81. The molecule has 0 heterocycles. The number of nitrogens with one attached hydrogen (secondary N) is 2. The lowest BCUT2D eigenvalue weighted by Crippen LogP contribution is -2.37. The standard InChI is InChI=1S/C11H18N2O.C6H12O/c1-9(13-12-2)8-10-4-6-11(14-3)7-5-10;1-4-6(2,3)5-7/h4-7,9,12-13H,8H2,1-3H3;5H,4H2,1-3H3. The normalized spacial score (nSPS) is 12.1. The van der Waals surface area contributed by atoms with Crippen LogP contribution in [0.2, 0.25) is 0 Å². The number of hydrogen-bond acceptors (Lipinski definition) is 4. The molecule has 1 aromatic carbocycles. The SMILES string of the molecule is CCC(C)(C)C=O.CNNC(C)Cc1ccc(OC)cc1. The lowest BCUT2D eigenvalue weighted by atomic mass is 9.93. The van der Waals surface area contributed by atoms with Crippen LogP contribution in [0.5, 0.6) is 5.75 Å². The van der Waals surface area contributed by atoms with E-state index in [-0.39, 0.29) is 5.41 Å². The molecule has 0 aliphatic rings. The lowest BCUT2D eigenvalue weighted by molar-refractivity contribution is -0.114. The Balaban J connectivity index is 0.000000486. The molecule has 0 bridgehead atoms. The van der Waals surface area contributed by atoms with Gasteiger partial charge in [-0.15, -0.1) is 0 Å². The first-order valence-corrected chi connectivity index (χ1v) is 7.40. The second-order valence-corrected chi connectivity index (χ2v) is 5.81. The van der Waals surface area contributed by atoms with Gasteiger partial charge in [0.15, 0.2) is 0 Å². The summed E-state index contributed by atoms with van der Waals surface area (Å²) in [5.74, 6) is 0.906. The zero-order valence-electron chi connectivity index (χ0n) is 14.2. The van der Waals surface area contributed by atoms with E-state index in [1.165, 1.54) is 5.56 Å². The van der Waals surface area contributed by atoms with Crippen molar-refractivity contribution < 1.29 is 9.53 Å². The fraction of sp³-hybridized carbons (Fsp3) is 0.588. The first-order valence-electron chi connectivity index (χ1n) is 7.40. The average molecular weight is 294 g/mol. The molecule has 21 heavy (non-hydrogen) atoms. The van der Waals surface area contributed by atoms with Crippen molar-refractivity contribution >= 4 is 6.29 Å². The highest BCUT2D eigenvalue weighted by Crippen LogP contribution is 2.14. The maximum atomic E-state index is 10.1. The van der Waals surface area contributed by atoms with Crippen molar-refractivity contribution in [1.82, 2.24) is 10.9 Å². The number of carbonyl (C=O) groups excluding carboxylic acids is 1. The smallest absolute Gasteiger partial charge is 0.125 e.